The first-order chi connectivity index (χ1) is 8.28. The second kappa shape index (κ2) is 5.24. The van der Waals surface area contributed by atoms with E-state index >= 15 is 0 Å². The van der Waals surface area contributed by atoms with E-state index in [2.05, 4.69) is 5.32 Å². The van der Waals surface area contributed by atoms with Crippen molar-refractivity contribution in [2.24, 2.45) is 5.41 Å². The number of amides is 3. The van der Waals surface area contributed by atoms with Crippen LogP contribution in [0.25, 0.3) is 0 Å². The molecule has 0 unspecified atom stereocenters. The lowest BCUT2D eigenvalue weighted by Crippen LogP contribution is -2.45. The SMILES string of the molecule is CN(C)C(=O)CN(C)C(=O)NCC1(C(=O)O)CC1. The van der Waals surface area contributed by atoms with E-state index in [0.717, 1.165) is 0 Å². The van der Waals surface area contributed by atoms with Crippen LogP contribution in [0.2, 0.25) is 0 Å². The summed E-state index contributed by atoms with van der Waals surface area (Å²) in [5.41, 5.74) is -0.790. The number of carbonyl (C=O) groups is 3. The zero-order chi connectivity index (χ0) is 13.9. The summed E-state index contributed by atoms with van der Waals surface area (Å²) in [7, 11) is 4.71. The van der Waals surface area contributed by atoms with Crippen LogP contribution in [0.3, 0.4) is 0 Å². The normalized spacial score (nSPS) is 15.7. The molecule has 0 spiro atoms. The first-order valence-corrected chi connectivity index (χ1v) is 5.71. The van der Waals surface area contributed by atoms with E-state index in [1.807, 2.05) is 0 Å². The molecule has 0 heterocycles. The molecule has 1 aliphatic carbocycles. The topological polar surface area (TPSA) is 90.0 Å². The van der Waals surface area contributed by atoms with Crippen molar-refractivity contribution in [1.82, 2.24) is 15.1 Å². The summed E-state index contributed by atoms with van der Waals surface area (Å²) in [4.78, 5) is 36.6. The largest absolute Gasteiger partial charge is 0.481 e. The minimum absolute atomic E-state index is 0.0289. The Hall–Kier alpha value is -1.79. The smallest absolute Gasteiger partial charge is 0.317 e. The van der Waals surface area contributed by atoms with Crippen LogP contribution in [-0.4, -0.2) is 67.0 Å². The third-order valence-electron chi connectivity index (χ3n) is 3.10. The van der Waals surface area contributed by atoms with Crippen LogP contribution in [-0.2, 0) is 9.59 Å². The van der Waals surface area contributed by atoms with Gasteiger partial charge in [-0.15, -0.1) is 0 Å². The Morgan fingerprint density at radius 3 is 2.17 bits per heavy atom. The lowest BCUT2D eigenvalue weighted by Gasteiger charge is -2.20. The summed E-state index contributed by atoms with van der Waals surface area (Å²) in [6, 6.07) is -0.433. The Balaban J connectivity index is 2.37. The second-order valence-electron chi connectivity index (χ2n) is 4.89. The number of urea groups is 1. The van der Waals surface area contributed by atoms with Gasteiger partial charge < -0.3 is 20.2 Å². The maximum atomic E-state index is 11.6. The Morgan fingerprint density at radius 1 is 1.22 bits per heavy atom. The molecule has 1 fully saturated rings. The van der Waals surface area contributed by atoms with Crippen LogP contribution >= 0.6 is 0 Å². The Bertz CT molecular complexity index is 363. The Labute approximate surface area is 106 Å². The van der Waals surface area contributed by atoms with Gasteiger partial charge in [0.25, 0.3) is 0 Å². The van der Waals surface area contributed by atoms with Gasteiger partial charge in [0, 0.05) is 27.7 Å². The third-order valence-corrected chi connectivity index (χ3v) is 3.10. The summed E-state index contributed by atoms with van der Waals surface area (Å²) in [5.74, 6) is -1.07. The van der Waals surface area contributed by atoms with Gasteiger partial charge in [-0.25, -0.2) is 4.79 Å². The molecule has 1 aliphatic rings. The molecule has 1 rings (SSSR count). The van der Waals surface area contributed by atoms with Gasteiger partial charge in [-0.2, -0.15) is 0 Å². The number of aliphatic carboxylic acids is 1. The lowest BCUT2D eigenvalue weighted by molar-refractivity contribution is -0.143. The number of carboxylic acid groups (broad SMARTS) is 1. The van der Waals surface area contributed by atoms with E-state index in [-0.39, 0.29) is 19.0 Å². The molecule has 0 aromatic carbocycles. The van der Waals surface area contributed by atoms with Crippen molar-refractivity contribution >= 4 is 17.9 Å². The lowest BCUT2D eigenvalue weighted by atomic mass is 10.1. The van der Waals surface area contributed by atoms with Gasteiger partial charge in [0.1, 0.15) is 6.54 Å². The van der Waals surface area contributed by atoms with Gasteiger partial charge in [0.05, 0.1) is 5.41 Å². The molecule has 0 aliphatic heterocycles. The highest BCUT2D eigenvalue weighted by Gasteiger charge is 2.50. The van der Waals surface area contributed by atoms with Crippen LogP contribution < -0.4 is 5.32 Å². The highest BCUT2D eigenvalue weighted by atomic mass is 16.4. The average molecular weight is 257 g/mol. The van der Waals surface area contributed by atoms with E-state index in [4.69, 9.17) is 5.11 Å². The zero-order valence-corrected chi connectivity index (χ0v) is 10.9. The summed E-state index contributed by atoms with van der Waals surface area (Å²) in [6.45, 7) is 0.0839. The molecule has 1 saturated carbocycles. The molecule has 18 heavy (non-hydrogen) atoms. The summed E-state index contributed by atoms with van der Waals surface area (Å²) in [6.07, 6.45) is 1.17. The Morgan fingerprint density at radius 2 is 1.78 bits per heavy atom. The van der Waals surface area contributed by atoms with E-state index in [9.17, 15) is 14.4 Å². The summed E-state index contributed by atoms with van der Waals surface area (Å²) in [5, 5.41) is 11.5. The fraction of sp³-hybridized carbons (Fsp3) is 0.727. The summed E-state index contributed by atoms with van der Waals surface area (Å²) < 4.78 is 0. The molecule has 2 N–H and O–H groups in total. The number of carbonyl (C=O) groups excluding carboxylic acids is 2. The minimum atomic E-state index is -0.880. The summed E-state index contributed by atoms with van der Waals surface area (Å²) >= 11 is 0. The van der Waals surface area contributed by atoms with Crippen molar-refractivity contribution in [2.45, 2.75) is 12.8 Å². The van der Waals surface area contributed by atoms with Crippen molar-refractivity contribution < 1.29 is 19.5 Å². The highest BCUT2D eigenvalue weighted by molar-refractivity contribution is 5.84. The van der Waals surface area contributed by atoms with Gasteiger partial charge in [-0.05, 0) is 12.8 Å². The predicted octanol–water partition coefficient (Wildman–Crippen LogP) is -0.419. The molecular formula is C11H19N3O4. The van der Waals surface area contributed by atoms with Crippen LogP contribution in [0, 0.1) is 5.41 Å². The fourth-order valence-corrected chi connectivity index (χ4v) is 1.41. The number of hydrogen-bond donors (Lipinski definition) is 2. The van der Waals surface area contributed by atoms with Gasteiger partial charge in [-0.3, -0.25) is 9.59 Å². The number of likely N-dealkylation sites (N-methyl/N-ethyl adjacent to an activating group) is 2. The predicted molar refractivity (Wildman–Crippen MR) is 64.0 cm³/mol. The van der Waals surface area contributed by atoms with Crippen molar-refractivity contribution in [3.05, 3.63) is 0 Å². The first kappa shape index (κ1) is 14.3. The van der Waals surface area contributed by atoms with Crippen LogP contribution in [0.15, 0.2) is 0 Å². The molecule has 0 bridgehead atoms. The van der Waals surface area contributed by atoms with Crippen LogP contribution in [0.4, 0.5) is 4.79 Å². The molecule has 0 atom stereocenters. The van der Waals surface area contributed by atoms with E-state index < -0.39 is 17.4 Å². The van der Waals surface area contributed by atoms with Gasteiger partial charge in [0.15, 0.2) is 0 Å². The number of nitrogens with one attached hydrogen (secondary N) is 1. The standard InChI is InChI=1S/C11H19N3O4/c1-13(2)8(15)6-14(3)10(18)12-7-11(4-5-11)9(16)17/h4-7H2,1-3H3,(H,12,18)(H,16,17). The van der Waals surface area contributed by atoms with Gasteiger partial charge in [-0.1, -0.05) is 0 Å². The molecule has 7 nitrogen and oxygen atoms in total. The molecular weight excluding hydrogens is 238 g/mol. The fourth-order valence-electron chi connectivity index (χ4n) is 1.41. The number of hydrogen-bond acceptors (Lipinski definition) is 3. The number of nitrogens with zero attached hydrogens (tertiary/aromatic N) is 2. The van der Waals surface area contributed by atoms with Gasteiger partial charge in [0.2, 0.25) is 5.91 Å². The first-order valence-electron chi connectivity index (χ1n) is 5.71. The quantitative estimate of drug-likeness (QED) is 0.700. The van der Waals surface area contributed by atoms with Crippen molar-refractivity contribution in [3.8, 4) is 0 Å². The van der Waals surface area contributed by atoms with E-state index in [0.29, 0.717) is 12.8 Å². The molecule has 7 heteroatoms. The van der Waals surface area contributed by atoms with E-state index in [1.54, 1.807) is 14.1 Å². The molecule has 0 radical (unpaired) electrons. The number of rotatable bonds is 5. The van der Waals surface area contributed by atoms with Crippen molar-refractivity contribution in [1.29, 1.82) is 0 Å². The minimum Gasteiger partial charge on any atom is -0.481 e. The molecule has 0 aromatic rings. The highest BCUT2D eigenvalue weighted by Crippen LogP contribution is 2.45. The third kappa shape index (κ3) is 3.35. The number of carboxylic acids is 1. The maximum absolute atomic E-state index is 11.6. The molecule has 0 saturated heterocycles. The zero-order valence-electron chi connectivity index (χ0n) is 10.9. The van der Waals surface area contributed by atoms with Crippen LogP contribution in [0.5, 0.6) is 0 Å². The monoisotopic (exact) mass is 257 g/mol. The van der Waals surface area contributed by atoms with Crippen molar-refractivity contribution in [3.63, 3.8) is 0 Å². The average Bonchev–Trinajstić information content (AvgIpc) is 3.06. The molecule has 102 valence electrons. The van der Waals surface area contributed by atoms with Crippen LogP contribution in [0.1, 0.15) is 12.8 Å². The molecule has 3 amide bonds. The Kier molecular flexibility index (Phi) is 4.15. The maximum Gasteiger partial charge on any atom is 0.317 e. The van der Waals surface area contributed by atoms with Gasteiger partial charge >= 0.3 is 12.0 Å². The van der Waals surface area contributed by atoms with E-state index in [1.165, 1.54) is 16.8 Å². The second-order valence-corrected chi connectivity index (χ2v) is 4.89. The molecule has 0 aromatic heterocycles. The van der Waals surface area contributed by atoms with Crippen molar-refractivity contribution in [2.75, 3.05) is 34.2 Å².